The zero-order valence-corrected chi connectivity index (χ0v) is 12.1. The zero-order valence-electron chi connectivity index (χ0n) is 12.1. The molecule has 0 aromatic carbocycles. The van der Waals surface area contributed by atoms with Crippen molar-refractivity contribution in [3.8, 4) is 0 Å². The minimum atomic E-state index is -0.864. The van der Waals surface area contributed by atoms with E-state index >= 15 is 0 Å². The molecular weight excluding hydrogens is 246 g/mol. The van der Waals surface area contributed by atoms with Crippen LogP contribution in [0, 0.1) is 10.8 Å². The second-order valence-corrected chi connectivity index (χ2v) is 6.43. The second kappa shape index (κ2) is 6.37. The first-order valence-corrected chi connectivity index (χ1v) is 6.76. The lowest BCUT2D eigenvalue weighted by atomic mass is 9.85. The summed E-state index contributed by atoms with van der Waals surface area (Å²) in [7, 11) is 1.68. The number of carboxylic acids is 1. The number of hydrogen-bond acceptors (Lipinski definition) is 3. The number of ether oxygens (including phenoxy) is 1. The van der Waals surface area contributed by atoms with E-state index in [4.69, 9.17) is 9.84 Å². The smallest absolute Gasteiger partial charge is 0.303 e. The van der Waals surface area contributed by atoms with Gasteiger partial charge in [-0.05, 0) is 30.1 Å². The topological polar surface area (TPSA) is 75.6 Å². The van der Waals surface area contributed by atoms with Gasteiger partial charge < -0.3 is 15.2 Å². The fourth-order valence-corrected chi connectivity index (χ4v) is 2.27. The molecule has 19 heavy (non-hydrogen) atoms. The molecule has 0 aromatic heterocycles. The quantitative estimate of drug-likeness (QED) is 0.670. The van der Waals surface area contributed by atoms with Gasteiger partial charge in [0.25, 0.3) is 0 Å². The first kappa shape index (κ1) is 16.0. The highest BCUT2D eigenvalue weighted by molar-refractivity contribution is 5.78. The highest BCUT2D eigenvalue weighted by atomic mass is 16.5. The van der Waals surface area contributed by atoms with Crippen LogP contribution in [0.4, 0.5) is 0 Å². The fraction of sp³-hybridized carbons (Fsp3) is 0.857. The van der Waals surface area contributed by atoms with E-state index in [2.05, 4.69) is 5.32 Å². The third kappa shape index (κ3) is 6.05. The number of methoxy groups -OCH3 is 1. The molecular formula is C14H25NO4. The van der Waals surface area contributed by atoms with Crippen molar-refractivity contribution in [3.05, 3.63) is 0 Å². The van der Waals surface area contributed by atoms with E-state index in [1.807, 2.05) is 0 Å². The van der Waals surface area contributed by atoms with Crippen LogP contribution in [0.3, 0.4) is 0 Å². The summed E-state index contributed by atoms with van der Waals surface area (Å²) in [4.78, 5) is 22.5. The Balaban J connectivity index is 2.30. The molecule has 1 fully saturated rings. The standard InChI is InChI=1S/C14H25NO4/c1-13(2,9-12(17)18)8-11(16)15-10-14(4-5-14)6-7-19-3/h4-10H2,1-3H3,(H,15,16)(H,17,18). The normalized spacial score (nSPS) is 17.0. The Kier molecular flexibility index (Phi) is 5.35. The minimum absolute atomic E-state index is 0.00916. The van der Waals surface area contributed by atoms with Gasteiger partial charge in [0.05, 0.1) is 6.42 Å². The third-order valence-electron chi connectivity index (χ3n) is 3.72. The summed E-state index contributed by atoms with van der Waals surface area (Å²) in [5, 5.41) is 11.7. The van der Waals surface area contributed by atoms with Gasteiger partial charge in [-0.2, -0.15) is 0 Å². The highest BCUT2D eigenvalue weighted by Gasteiger charge is 2.42. The van der Waals surface area contributed by atoms with Gasteiger partial charge in [-0.25, -0.2) is 0 Å². The Hall–Kier alpha value is -1.10. The minimum Gasteiger partial charge on any atom is -0.481 e. The third-order valence-corrected chi connectivity index (χ3v) is 3.72. The summed E-state index contributed by atoms with van der Waals surface area (Å²) in [6, 6.07) is 0. The van der Waals surface area contributed by atoms with E-state index in [1.165, 1.54) is 0 Å². The van der Waals surface area contributed by atoms with Crippen molar-refractivity contribution in [2.75, 3.05) is 20.3 Å². The second-order valence-electron chi connectivity index (χ2n) is 6.43. The molecule has 0 atom stereocenters. The molecule has 1 aliphatic carbocycles. The molecule has 0 unspecified atom stereocenters. The van der Waals surface area contributed by atoms with Crippen molar-refractivity contribution >= 4 is 11.9 Å². The van der Waals surface area contributed by atoms with Crippen LogP contribution in [-0.2, 0) is 14.3 Å². The maximum Gasteiger partial charge on any atom is 0.303 e. The molecule has 0 radical (unpaired) electrons. The van der Waals surface area contributed by atoms with Crippen LogP contribution < -0.4 is 5.32 Å². The fourth-order valence-electron chi connectivity index (χ4n) is 2.27. The number of amides is 1. The van der Waals surface area contributed by atoms with Gasteiger partial charge >= 0.3 is 5.97 Å². The Bertz CT molecular complexity index is 334. The van der Waals surface area contributed by atoms with Gasteiger partial charge in [0.1, 0.15) is 0 Å². The number of nitrogens with one attached hydrogen (secondary N) is 1. The molecule has 5 heteroatoms. The molecule has 0 bridgehead atoms. The predicted molar refractivity (Wildman–Crippen MR) is 71.8 cm³/mol. The Morgan fingerprint density at radius 3 is 2.42 bits per heavy atom. The van der Waals surface area contributed by atoms with Crippen LogP contribution in [0.25, 0.3) is 0 Å². The van der Waals surface area contributed by atoms with Crippen LogP contribution in [0.1, 0.15) is 46.0 Å². The lowest BCUT2D eigenvalue weighted by molar-refractivity contribution is -0.139. The van der Waals surface area contributed by atoms with Gasteiger partial charge in [0.15, 0.2) is 0 Å². The Morgan fingerprint density at radius 1 is 1.32 bits per heavy atom. The van der Waals surface area contributed by atoms with Crippen molar-refractivity contribution < 1.29 is 19.4 Å². The van der Waals surface area contributed by atoms with E-state index in [1.54, 1.807) is 21.0 Å². The van der Waals surface area contributed by atoms with Crippen LogP contribution >= 0.6 is 0 Å². The summed E-state index contributed by atoms with van der Waals surface area (Å²) in [5.74, 6) is -0.925. The molecule has 2 N–H and O–H groups in total. The van der Waals surface area contributed by atoms with Crippen molar-refractivity contribution in [2.45, 2.75) is 46.0 Å². The first-order chi connectivity index (χ1) is 8.79. The number of rotatable bonds is 9. The molecule has 0 spiro atoms. The Labute approximate surface area is 114 Å². The van der Waals surface area contributed by atoms with Gasteiger partial charge in [-0.3, -0.25) is 9.59 Å². The largest absolute Gasteiger partial charge is 0.481 e. The molecule has 0 aromatic rings. The predicted octanol–water partition coefficient (Wildman–Crippen LogP) is 1.81. The molecule has 110 valence electrons. The van der Waals surface area contributed by atoms with E-state index in [0.29, 0.717) is 6.54 Å². The first-order valence-electron chi connectivity index (χ1n) is 6.76. The zero-order chi connectivity index (χ0) is 14.5. The molecule has 1 aliphatic rings. The lowest BCUT2D eigenvalue weighted by Crippen LogP contribution is -2.34. The number of carbonyl (C=O) groups is 2. The van der Waals surface area contributed by atoms with Crippen molar-refractivity contribution in [3.63, 3.8) is 0 Å². The van der Waals surface area contributed by atoms with E-state index in [9.17, 15) is 9.59 Å². The maximum absolute atomic E-state index is 11.9. The highest BCUT2D eigenvalue weighted by Crippen LogP contribution is 2.48. The average molecular weight is 271 g/mol. The molecule has 1 amide bonds. The van der Waals surface area contributed by atoms with Crippen molar-refractivity contribution in [1.82, 2.24) is 5.32 Å². The molecule has 0 aliphatic heterocycles. The van der Waals surface area contributed by atoms with Crippen LogP contribution in [-0.4, -0.2) is 37.2 Å². The van der Waals surface area contributed by atoms with Gasteiger partial charge in [-0.1, -0.05) is 13.8 Å². The molecule has 0 saturated heterocycles. The van der Waals surface area contributed by atoms with Crippen molar-refractivity contribution in [2.24, 2.45) is 10.8 Å². The van der Waals surface area contributed by atoms with E-state index in [-0.39, 0.29) is 24.2 Å². The lowest BCUT2D eigenvalue weighted by Gasteiger charge is -2.22. The molecule has 0 heterocycles. The summed E-state index contributed by atoms with van der Waals surface area (Å²) in [6.45, 7) is 5.01. The number of aliphatic carboxylic acids is 1. The van der Waals surface area contributed by atoms with Crippen LogP contribution in [0.15, 0.2) is 0 Å². The number of carboxylic acid groups (broad SMARTS) is 1. The van der Waals surface area contributed by atoms with Crippen LogP contribution in [0.5, 0.6) is 0 Å². The average Bonchev–Trinajstić information content (AvgIpc) is 3.02. The molecule has 1 saturated carbocycles. The summed E-state index contributed by atoms with van der Waals surface area (Å²) in [5.41, 5.74) is -0.276. The summed E-state index contributed by atoms with van der Waals surface area (Å²) >= 11 is 0. The monoisotopic (exact) mass is 271 g/mol. The summed E-state index contributed by atoms with van der Waals surface area (Å²) in [6.07, 6.45) is 3.50. The van der Waals surface area contributed by atoms with E-state index in [0.717, 1.165) is 25.9 Å². The van der Waals surface area contributed by atoms with Crippen molar-refractivity contribution in [1.29, 1.82) is 0 Å². The SMILES string of the molecule is COCCC1(CNC(=O)CC(C)(C)CC(=O)O)CC1. The molecule has 1 rings (SSSR count). The van der Waals surface area contributed by atoms with E-state index < -0.39 is 11.4 Å². The Morgan fingerprint density at radius 2 is 1.95 bits per heavy atom. The summed E-state index contributed by atoms with van der Waals surface area (Å²) < 4.78 is 5.07. The van der Waals surface area contributed by atoms with Gasteiger partial charge in [-0.15, -0.1) is 0 Å². The van der Waals surface area contributed by atoms with Gasteiger partial charge in [0.2, 0.25) is 5.91 Å². The van der Waals surface area contributed by atoms with Crippen LogP contribution in [0.2, 0.25) is 0 Å². The molecule has 5 nitrogen and oxygen atoms in total. The maximum atomic E-state index is 11.9. The number of hydrogen-bond donors (Lipinski definition) is 2. The van der Waals surface area contributed by atoms with Gasteiger partial charge in [0, 0.05) is 26.7 Å². The number of carbonyl (C=O) groups excluding carboxylic acids is 1.